The van der Waals surface area contributed by atoms with Crippen LogP contribution in [0.4, 0.5) is 10.1 Å². The predicted molar refractivity (Wildman–Crippen MR) is 181 cm³/mol. The summed E-state index contributed by atoms with van der Waals surface area (Å²) in [5.41, 5.74) is 10.7. The molecule has 2 atom stereocenters. The van der Waals surface area contributed by atoms with Crippen LogP contribution in [-0.4, -0.2) is 65.4 Å². The topological polar surface area (TPSA) is 129 Å². The van der Waals surface area contributed by atoms with Gasteiger partial charge in [0.25, 0.3) is 5.91 Å². The Morgan fingerprint density at radius 2 is 1.86 bits per heavy atom. The number of aryl methyl sites for hydroxylation is 1. The van der Waals surface area contributed by atoms with E-state index in [-0.39, 0.29) is 31.1 Å². The number of rotatable bonds is 10. The molecule has 1 fully saturated rings. The zero-order valence-electron chi connectivity index (χ0n) is 28.2. The van der Waals surface area contributed by atoms with E-state index in [1.54, 1.807) is 45.0 Å². The highest BCUT2D eigenvalue weighted by atomic mass is 19.1. The molecule has 3 aromatic carbocycles. The summed E-state index contributed by atoms with van der Waals surface area (Å²) < 4.78 is 26.3. The van der Waals surface area contributed by atoms with Crippen molar-refractivity contribution in [2.45, 2.75) is 77.3 Å². The predicted octanol–water partition coefficient (Wildman–Crippen LogP) is 5.02. The summed E-state index contributed by atoms with van der Waals surface area (Å²) in [4.78, 5) is 44.0. The molecule has 0 aromatic heterocycles. The number of halogens is 1. The maximum atomic E-state index is 14.6. The van der Waals surface area contributed by atoms with Gasteiger partial charge in [-0.15, -0.1) is 0 Å². The average molecular weight is 668 g/mol. The number of carbonyl (C=O) groups is 3. The largest absolute Gasteiger partial charge is 0.489 e. The Labute approximate surface area is 286 Å². The minimum Gasteiger partial charge on any atom is -0.489 e. The van der Waals surface area contributed by atoms with Crippen molar-refractivity contribution >= 4 is 23.5 Å². The number of hydrogen-bond acceptors (Lipinski definition) is 8. The number of nitrogens with two attached hydrogens (primary N) is 1. The van der Waals surface area contributed by atoms with Crippen molar-refractivity contribution in [3.05, 3.63) is 93.8 Å². The molecule has 49 heavy (non-hydrogen) atoms. The van der Waals surface area contributed by atoms with Crippen LogP contribution in [0.2, 0.25) is 0 Å². The lowest BCUT2D eigenvalue weighted by molar-refractivity contribution is -0.155. The maximum absolute atomic E-state index is 14.6. The molecule has 0 saturated carbocycles. The van der Waals surface area contributed by atoms with Crippen LogP contribution in [0, 0.1) is 17.1 Å². The second kappa shape index (κ2) is 13.9. The number of esters is 1. The number of anilines is 1. The van der Waals surface area contributed by atoms with Crippen LogP contribution in [0.5, 0.6) is 5.75 Å². The molecular weight excluding hydrogens is 625 g/mol. The van der Waals surface area contributed by atoms with Gasteiger partial charge in [0, 0.05) is 49.8 Å². The summed E-state index contributed by atoms with van der Waals surface area (Å²) >= 11 is 0. The average Bonchev–Trinajstić information content (AvgIpc) is 3.64. The fraction of sp³-hybridized carbons (Fsp3) is 0.421. The number of primary amides is 1. The van der Waals surface area contributed by atoms with Gasteiger partial charge in [0.2, 0.25) is 5.91 Å². The van der Waals surface area contributed by atoms with Crippen LogP contribution in [-0.2, 0) is 33.9 Å². The van der Waals surface area contributed by atoms with Crippen LogP contribution in [0.15, 0.2) is 54.6 Å². The molecule has 2 unspecified atom stereocenters. The van der Waals surface area contributed by atoms with E-state index < -0.39 is 23.5 Å². The highest BCUT2D eigenvalue weighted by molar-refractivity contribution is 6.01. The fourth-order valence-electron chi connectivity index (χ4n) is 7.20. The van der Waals surface area contributed by atoms with Crippen molar-refractivity contribution in [2.75, 3.05) is 31.1 Å². The molecule has 256 valence electrons. The van der Waals surface area contributed by atoms with Crippen molar-refractivity contribution in [1.82, 2.24) is 9.80 Å². The molecule has 0 spiro atoms. The fourth-order valence-corrected chi connectivity index (χ4v) is 7.20. The molecule has 2 heterocycles. The minimum absolute atomic E-state index is 0.0394. The summed E-state index contributed by atoms with van der Waals surface area (Å²) in [5, 5.41) is 9.05. The molecule has 0 bridgehead atoms. The molecule has 10 nitrogen and oxygen atoms in total. The highest BCUT2D eigenvalue weighted by Crippen LogP contribution is 2.38. The van der Waals surface area contributed by atoms with E-state index in [4.69, 9.17) is 20.5 Å². The lowest BCUT2D eigenvalue weighted by Gasteiger charge is -2.39. The number of benzene rings is 3. The molecule has 1 saturated heterocycles. The van der Waals surface area contributed by atoms with Crippen molar-refractivity contribution in [1.29, 1.82) is 5.26 Å². The standard InChI is InChI=1S/C38H42FN5O5/c1-38(2,3)49-35(45)14-13-33(36(41)46)44-22-29-28(37(44)47)5-4-6-34(29)48-23-25-7-10-27-26(19-25)9-12-31(27)42-15-17-43(18-16-42)32-11-8-24(21-40)20-30(32)39/h4-8,10-11,19-20,31,33H,9,12-18,22-23H2,1-3H3,(H2,41,46). The molecule has 1 aliphatic carbocycles. The van der Waals surface area contributed by atoms with Crippen LogP contribution in [0.1, 0.15) is 84.3 Å². The van der Waals surface area contributed by atoms with Crippen molar-refractivity contribution in [3.8, 4) is 11.8 Å². The molecule has 11 heteroatoms. The lowest BCUT2D eigenvalue weighted by atomic mass is 10.0. The zero-order chi connectivity index (χ0) is 34.9. The van der Waals surface area contributed by atoms with Gasteiger partial charge < -0.3 is 25.0 Å². The summed E-state index contributed by atoms with van der Waals surface area (Å²) in [5.74, 6) is -1.24. The summed E-state index contributed by atoms with van der Waals surface area (Å²) in [6.45, 7) is 8.85. The third kappa shape index (κ3) is 7.39. The Morgan fingerprint density at radius 1 is 1.08 bits per heavy atom. The number of nitrogens with zero attached hydrogens (tertiary/aromatic N) is 4. The molecule has 6 rings (SSSR count). The van der Waals surface area contributed by atoms with E-state index in [2.05, 4.69) is 28.0 Å². The number of hydrogen-bond donors (Lipinski definition) is 1. The van der Waals surface area contributed by atoms with Crippen LogP contribution < -0.4 is 15.4 Å². The second-order valence-corrected chi connectivity index (χ2v) is 13.9. The monoisotopic (exact) mass is 667 g/mol. The van der Waals surface area contributed by atoms with Crippen LogP contribution in [0.3, 0.4) is 0 Å². The quantitative estimate of drug-likeness (QED) is 0.299. The first-order valence-corrected chi connectivity index (χ1v) is 16.8. The van der Waals surface area contributed by atoms with Crippen molar-refractivity contribution in [3.63, 3.8) is 0 Å². The highest BCUT2D eigenvalue weighted by Gasteiger charge is 2.38. The Bertz CT molecular complexity index is 1810. The molecule has 2 N–H and O–H groups in total. The summed E-state index contributed by atoms with van der Waals surface area (Å²) in [6.07, 6.45) is 2.01. The van der Waals surface area contributed by atoms with Gasteiger partial charge in [0.15, 0.2) is 0 Å². The SMILES string of the molecule is CC(C)(C)OC(=O)CCC(C(N)=O)N1Cc2c(OCc3ccc4c(c3)CCC4N3CCN(c4ccc(C#N)cc4F)CC3)cccc2C1=O. The molecule has 3 aromatic rings. The van der Waals surface area contributed by atoms with E-state index in [1.165, 1.54) is 22.1 Å². The van der Waals surface area contributed by atoms with Gasteiger partial charge in [0.05, 0.1) is 23.9 Å². The van der Waals surface area contributed by atoms with Gasteiger partial charge in [-0.25, -0.2) is 4.39 Å². The normalized spacial score (nSPS) is 18.1. The maximum Gasteiger partial charge on any atom is 0.306 e. The number of fused-ring (bicyclic) bond motifs is 2. The first-order chi connectivity index (χ1) is 23.4. The third-order valence-electron chi connectivity index (χ3n) is 9.52. The smallest absolute Gasteiger partial charge is 0.306 e. The Hall–Kier alpha value is -4.95. The zero-order valence-corrected chi connectivity index (χ0v) is 28.2. The first-order valence-electron chi connectivity index (χ1n) is 16.8. The number of ether oxygens (including phenoxy) is 2. The molecular formula is C38H42FN5O5. The minimum atomic E-state index is -0.954. The molecule has 2 amide bonds. The molecule has 3 aliphatic rings. The van der Waals surface area contributed by atoms with Crippen LogP contribution in [0.25, 0.3) is 0 Å². The summed E-state index contributed by atoms with van der Waals surface area (Å²) in [7, 11) is 0. The Kier molecular flexibility index (Phi) is 9.61. The molecule has 2 aliphatic heterocycles. The van der Waals surface area contributed by atoms with Crippen molar-refractivity contribution < 1.29 is 28.2 Å². The van der Waals surface area contributed by atoms with E-state index in [9.17, 15) is 18.8 Å². The van der Waals surface area contributed by atoms with E-state index in [1.807, 2.05) is 12.1 Å². The lowest BCUT2D eigenvalue weighted by Crippen LogP contribution is -2.47. The van der Waals surface area contributed by atoms with E-state index in [0.717, 1.165) is 31.5 Å². The van der Waals surface area contributed by atoms with Crippen molar-refractivity contribution in [2.24, 2.45) is 5.73 Å². The van der Waals surface area contributed by atoms with Gasteiger partial charge in [-0.05, 0) is 87.1 Å². The van der Waals surface area contributed by atoms with Gasteiger partial charge in [-0.3, -0.25) is 19.3 Å². The number of amides is 2. The molecule has 0 radical (unpaired) electrons. The Morgan fingerprint density at radius 3 is 2.55 bits per heavy atom. The van der Waals surface area contributed by atoms with E-state index in [0.29, 0.717) is 53.9 Å². The van der Waals surface area contributed by atoms with Gasteiger partial charge in [-0.2, -0.15) is 5.26 Å². The Balaban J connectivity index is 1.07. The number of piperazine rings is 1. The van der Waals surface area contributed by atoms with Gasteiger partial charge in [0.1, 0.15) is 29.8 Å². The number of carbonyl (C=O) groups excluding carboxylic acids is 3. The first kappa shape index (κ1) is 33.9. The third-order valence-corrected chi connectivity index (χ3v) is 9.52. The second-order valence-electron chi connectivity index (χ2n) is 13.9. The van der Waals surface area contributed by atoms with Gasteiger partial charge in [-0.1, -0.05) is 24.3 Å². The van der Waals surface area contributed by atoms with Gasteiger partial charge >= 0.3 is 5.97 Å². The van der Waals surface area contributed by atoms with Crippen LogP contribution >= 0.6 is 0 Å². The summed E-state index contributed by atoms with van der Waals surface area (Å²) in [6, 6.07) is 17.8. The number of nitriles is 1. The van der Waals surface area contributed by atoms with E-state index >= 15 is 0 Å².